The zero-order valence-electron chi connectivity index (χ0n) is 15.3. The molecule has 1 amide bonds. The highest BCUT2D eigenvalue weighted by Crippen LogP contribution is 2.30. The maximum absolute atomic E-state index is 13.1. The number of aryl methyl sites for hydroxylation is 1. The Bertz CT molecular complexity index is 1050. The lowest BCUT2D eigenvalue weighted by molar-refractivity contribution is -0.137. The fraction of sp³-hybridized carbons (Fsp3) is 0.250. The van der Waals surface area contributed by atoms with Gasteiger partial charge in [0.15, 0.2) is 5.78 Å². The van der Waals surface area contributed by atoms with Crippen molar-refractivity contribution in [3.8, 4) is 0 Å². The second-order valence-electron chi connectivity index (χ2n) is 6.39. The molecular formula is C20H18F3N3O2. The van der Waals surface area contributed by atoms with Crippen LogP contribution in [0.4, 0.5) is 18.9 Å². The van der Waals surface area contributed by atoms with Crippen LogP contribution in [-0.2, 0) is 12.6 Å². The van der Waals surface area contributed by atoms with Gasteiger partial charge < -0.3 is 5.32 Å². The summed E-state index contributed by atoms with van der Waals surface area (Å²) in [5.74, 6) is -0.747. The van der Waals surface area contributed by atoms with Crippen LogP contribution in [0.1, 0.15) is 52.4 Å². The third kappa shape index (κ3) is 3.90. The molecule has 1 aromatic carbocycles. The molecule has 28 heavy (non-hydrogen) atoms. The average Bonchev–Trinajstić information content (AvgIpc) is 2.98. The van der Waals surface area contributed by atoms with Crippen LogP contribution < -0.4 is 5.32 Å². The van der Waals surface area contributed by atoms with Crippen LogP contribution in [0.3, 0.4) is 0 Å². The van der Waals surface area contributed by atoms with Gasteiger partial charge in [0.05, 0.1) is 11.3 Å². The summed E-state index contributed by atoms with van der Waals surface area (Å²) in [6.07, 6.45) is -2.54. The van der Waals surface area contributed by atoms with Gasteiger partial charge in [-0.25, -0.2) is 4.98 Å². The molecule has 0 bridgehead atoms. The van der Waals surface area contributed by atoms with Gasteiger partial charge in [0.25, 0.3) is 5.91 Å². The molecule has 0 atom stereocenters. The van der Waals surface area contributed by atoms with Crippen molar-refractivity contribution >= 4 is 23.0 Å². The van der Waals surface area contributed by atoms with Crippen molar-refractivity contribution in [1.29, 1.82) is 0 Å². The molecule has 1 N–H and O–H groups in total. The van der Waals surface area contributed by atoms with Gasteiger partial charge in [-0.3, -0.25) is 14.0 Å². The van der Waals surface area contributed by atoms with Crippen LogP contribution in [0.2, 0.25) is 0 Å². The van der Waals surface area contributed by atoms with E-state index in [1.54, 1.807) is 18.2 Å². The van der Waals surface area contributed by atoms with Crippen LogP contribution in [0.25, 0.3) is 5.65 Å². The number of ketones is 1. The number of imidazole rings is 1. The van der Waals surface area contributed by atoms with E-state index in [-0.39, 0.29) is 17.1 Å². The predicted octanol–water partition coefficient (Wildman–Crippen LogP) is 4.76. The summed E-state index contributed by atoms with van der Waals surface area (Å²) in [5, 5.41) is 2.66. The molecule has 0 saturated heterocycles. The molecule has 0 fully saturated rings. The molecule has 0 spiro atoms. The third-order valence-electron chi connectivity index (χ3n) is 4.25. The maximum Gasteiger partial charge on any atom is 0.417 e. The summed E-state index contributed by atoms with van der Waals surface area (Å²) >= 11 is 0. The van der Waals surface area contributed by atoms with Gasteiger partial charge in [0, 0.05) is 17.4 Å². The lowest BCUT2D eigenvalue weighted by Gasteiger charge is -2.10. The second kappa shape index (κ2) is 7.46. The van der Waals surface area contributed by atoms with E-state index in [0.29, 0.717) is 29.8 Å². The summed E-state index contributed by atoms with van der Waals surface area (Å²) in [6, 6.07) is 8.55. The minimum atomic E-state index is -4.53. The number of alkyl halides is 3. The number of hydrogen-bond donors (Lipinski definition) is 1. The van der Waals surface area contributed by atoms with E-state index < -0.39 is 17.6 Å². The molecule has 3 aromatic rings. The highest BCUT2D eigenvalue weighted by molar-refractivity contribution is 6.05. The highest BCUT2D eigenvalue weighted by Gasteiger charge is 2.32. The van der Waals surface area contributed by atoms with Gasteiger partial charge in [-0.2, -0.15) is 13.2 Å². The number of pyridine rings is 1. The number of nitrogens with one attached hydrogen (secondary N) is 1. The summed E-state index contributed by atoms with van der Waals surface area (Å²) in [6.45, 7) is 3.30. The van der Waals surface area contributed by atoms with Crippen molar-refractivity contribution in [3.63, 3.8) is 0 Å². The minimum absolute atomic E-state index is 0.0520. The number of carbonyl (C=O) groups excluding carboxylic acids is 2. The Kier molecular flexibility index (Phi) is 5.22. The first kappa shape index (κ1) is 19.6. The number of anilines is 1. The predicted molar refractivity (Wildman–Crippen MR) is 98.6 cm³/mol. The zero-order chi connectivity index (χ0) is 20.5. The van der Waals surface area contributed by atoms with Crippen LogP contribution in [0.15, 0.2) is 42.6 Å². The Morgan fingerprint density at radius 3 is 2.57 bits per heavy atom. The Labute approximate surface area is 159 Å². The lowest BCUT2D eigenvalue weighted by Crippen LogP contribution is -2.17. The molecule has 0 unspecified atom stereocenters. The third-order valence-corrected chi connectivity index (χ3v) is 4.25. The van der Waals surface area contributed by atoms with E-state index in [9.17, 15) is 22.8 Å². The topological polar surface area (TPSA) is 63.5 Å². The number of nitrogens with zero attached hydrogens (tertiary/aromatic N) is 2. The number of carbonyl (C=O) groups is 2. The molecule has 3 rings (SSSR count). The van der Waals surface area contributed by atoms with E-state index >= 15 is 0 Å². The van der Waals surface area contributed by atoms with E-state index in [4.69, 9.17) is 0 Å². The molecule has 0 aliphatic rings. The number of hydrogen-bond acceptors (Lipinski definition) is 3. The molecule has 146 valence electrons. The van der Waals surface area contributed by atoms with Gasteiger partial charge in [0.1, 0.15) is 11.3 Å². The fourth-order valence-electron chi connectivity index (χ4n) is 2.92. The van der Waals surface area contributed by atoms with Crippen molar-refractivity contribution in [2.75, 3.05) is 5.32 Å². The second-order valence-corrected chi connectivity index (χ2v) is 6.39. The number of amides is 1. The van der Waals surface area contributed by atoms with Crippen molar-refractivity contribution in [2.24, 2.45) is 0 Å². The maximum atomic E-state index is 13.1. The first-order valence-electron chi connectivity index (χ1n) is 8.71. The Hall–Kier alpha value is -3.16. The van der Waals surface area contributed by atoms with E-state index in [1.165, 1.54) is 19.1 Å². The van der Waals surface area contributed by atoms with Crippen LogP contribution >= 0.6 is 0 Å². The van der Waals surface area contributed by atoms with Gasteiger partial charge >= 0.3 is 6.18 Å². The number of Topliss-reactive ketones (excluding diaryl/α,β-unsaturated/α-hetero) is 1. The molecule has 0 aliphatic carbocycles. The molecule has 2 aromatic heterocycles. The van der Waals surface area contributed by atoms with Crippen LogP contribution in [-0.4, -0.2) is 21.1 Å². The summed E-state index contributed by atoms with van der Waals surface area (Å²) in [5.41, 5.74) is 0.663. The van der Waals surface area contributed by atoms with Crippen molar-refractivity contribution < 1.29 is 22.8 Å². The Balaban J connectivity index is 2.06. The molecular weight excluding hydrogens is 371 g/mol. The van der Waals surface area contributed by atoms with Gasteiger partial charge in [0.2, 0.25) is 0 Å². The number of rotatable bonds is 5. The Morgan fingerprint density at radius 1 is 1.18 bits per heavy atom. The number of halogens is 3. The zero-order valence-corrected chi connectivity index (χ0v) is 15.3. The van der Waals surface area contributed by atoms with Crippen molar-refractivity contribution in [3.05, 3.63) is 65.1 Å². The minimum Gasteiger partial charge on any atom is -0.321 e. The van der Waals surface area contributed by atoms with E-state index in [1.807, 2.05) is 6.92 Å². The molecule has 2 heterocycles. The van der Waals surface area contributed by atoms with Crippen molar-refractivity contribution in [1.82, 2.24) is 9.38 Å². The van der Waals surface area contributed by atoms with Gasteiger partial charge in [-0.1, -0.05) is 25.5 Å². The standard InChI is InChI=1S/C20H18F3N3O2/c1-3-5-16-18(19(28)24-15-7-4-6-13(10-15)12(2)27)26-11-14(20(21,22)23)8-9-17(26)25-16/h4,6-11H,3,5H2,1-2H3,(H,24,28). The lowest BCUT2D eigenvalue weighted by atomic mass is 10.1. The quantitative estimate of drug-likeness (QED) is 0.640. The van der Waals surface area contributed by atoms with Gasteiger partial charge in [-0.05, 0) is 37.6 Å². The molecule has 8 heteroatoms. The summed E-state index contributed by atoms with van der Waals surface area (Å²) < 4.78 is 40.5. The number of aromatic nitrogens is 2. The molecule has 5 nitrogen and oxygen atoms in total. The number of benzene rings is 1. The average molecular weight is 389 g/mol. The highest BCUT2D eigenvalue weighted by atomic mass is 19.4. The first-order valence-corrected chi connectivity index (χ1v) is 8.71. The van der Waals surface area contributed by atoms with E-state index in [2.05, 4.69) is 10.3 Å². The first-order chi connectivity index (χ1) is 13.2. The molecule has 0 saturated carbocycles. The largest absolute Gasteiger partial charge is 0.417 e. The monoisotopic (exact) mass is 389 g/mol. The summed E-state index contributed by atoms with van der Waals surface area (Å²) in [7, 11) is 0. The van der Waals surface area contributed by atoms with Crippen molar-refractivity contribution in [2.45, 2.75) is 32.9 Å². The fourth-order valence-corrected chi connectivity index (χ4v) is 2.92. The Morgan fingerprint density at radius 2 is 1.93 bits per heavy atom. The van der Waals surface area contributed by atoms with Crippen LogP contribution in [0.5, 0.6) is 0 Å². The normalized spacial score (nSPS) is 11.6. The van der Waals surface area contributed by atoms with Crippen LogP contribution in [0, 0.1) is 0 Å². The van der Waals surface area contributed by atoms with Gasteiger partial charge in [-0.15, -0.1) is 0 Å². The molecule has 0 radical (unpaired) electrons. The smallest absolute Gasteiger partial charge is 0.321 e. The number of fused-ring (bicyclic) bond motifs is 1. The molecule has 0 aliphatic heterocycles. The SMILES string of the molecule is CCCc1nc2ccc(C(F)(F)F)cn2c1C(=O)Nc1cccc(C(C)=O)c1. The summed E-state index contributed by atoms with van der Waals surface area (Å²) in [4.78, 5) is 28.7. The van der Waals surface area contributed by atoms with E-state index in [0.717, 1.165) is 16.7 Å².